The molecule has 0 fully saturated rings. The summed E-state index contributed by atoms with van der Waals surface area (Å²) in [7, 11) is 0. The molecule has 0 saturated heterocycles. The molecule has 5 aromatic carbocycles. The molecule has 3 nitrogen and oxygen atoms in total. The third-order valence-electron chi connectivity index (χ3n) is 9.41. The number of nitrogens with zero attached hydrogens (tertiary/aromatic N) is 3. The summed E-state index contributed by atoms with van der Waals surface area (Å²) in [6.45, 7) is 9.12. The van der Waals surface area contributed by atoms with Crippen LogP contribution < -0.4 is 0 Å². The van der Waals surface area contributed by atoms with Gasteiger partial charge in [0.05, 0.1) is 0 Å². The van der Waals surface area contributed by atoms with E-state index in [9.17, 15) is 0 Å². The highest BCUT2D eigenvalue weighted by molar-refractivity contribution is 6.30. The van der Waals surface area contributed by atoms with E-state index in [-0.39, 0.29) is 10.8 Å². The van der Waals surface area contributed by atoms with Gasteiger partial charge in [0, 0.05) is 32.5 Å². The fourth-order valence-corrected chi connectivity index (χ4v) is 7.23. The molecule has 43 heavy (non-hydrogen) atoms. The lowest BCUT2D eigenvalue weighted by molar-refractivity contribution is 0.660. The van der Waals surface area contributed by atoms with E-state index in [1.165, 1.54) is 44.5 Å². The van der Waals surface area contributed by atoms with E-state index in [1.807, 2.05) is 24.3 Å². The van der Waals surface area contributed by atoms with Gasteiger partial charge >= 0.3 is 0 Å². The zero-order chi connectivity index (χ0) is 29.5. The van der Waals surface area contributed by atoms with Gasteiger partial charge in [0.1, 0.15) is 0 Å². The molecule has 2 aliphatic carbocycles. The summed E-state index contributed by atoms with van der Waals surface area (Å²) < 4.78 is 0. The first kappa shape index (κ1) is 26.1. The van der Waals surface area contributed by atoms with Crippen molar-refractivity contribution in [3.63, 3.8) is 0 Å². The van der Waals surface area contributed by atoms with Crippen molar-refractivity contribution in [3.8, 4) is 56.4 Å². The summed E-state index contributed by atoms with van der Waals surface area (Å²) in [6, 6.07) is 38.3. The normalized spacial score (nSPS) is 15.0. The Bertz CT molecular complexity index is 2090. The quantitative estimate of drug-likeness (QED) is 0.211. The van der Waals surface area contributed by atoms with Crippen LogP contribution in [0.25, 0.3) is 56.4 Å². The summed E-state index contributed by atoms with van der Waals surface area (Å²) in [6.07, 6.45) is 0. The second-order valence-electron chi connectivity index (χ2n) is 12.7. The van der Waals surface area contributed by atoms with Gasteiger partial charge in [0.25, 0.3) is 0 Å². The molecule has 0 N–H and O–H groups in total. The summed E-state index contributed by atoms with van der Waals surface area (Å²) in [5.41, 5.74) is 12.8. The van der Waals surface area contributed by atoms with Crippen molar-refractivity contribution in [1.29, 1.82) is 0 Å². The van der Waals surface area contributed by atoms with E-state index >= 15 is 0 Å². The lowest BCUT2D eigenvalue weighted by atomic mass is 9.82. The van der Waals surface area contributed by atoms with Crippen LogP contribution in [-0.4, -0.2) is 15.0 Å². The van der Waals surface area contributed by atoms with Crippen molar-refractivity contribution in [2.75, 3.05) is 0 Å². The highest BCUT2D eigenvalue weighted by Crippen LogP contribution is 2.51. The predicted molar refractivity (Wildman–Crippen MR) is 176 cm³/mol. The molecule has 0 atom stereocenters. The average molecular weight is 576 g/mol. The van der Waals surface area contributed by atoms with Crippen molar-refractivity contribution in [2.24, 2.45) is 0 Å². The largest absolute Gasteiger partial charge is 0.208 e. The van der Waals surface area contributed by atoms with Gasteiger partial charge in [-0.1, -0.05) is 124 Å². The first-order valence-corrected chi connectivity index (χ1v) is 15.1. The molecule has 0 bridgehead atoms. The lowest BCUT2D eigenvalue weighted by Gasteiger charge is -2.22. The number of fused-ring (bicyclic) bond motifs is 6. The Morgan fingerprint density at radius 3 is 1.67 bits per heavy atom. The van der Waals surface area contributed by atoms with Gasteiger partial charge in [-0.2, -0.15) is 0 Å². The summed E-state index contributed by atoms with van der Waals surface area (Å²) in [5, 5.41) is 0.759. The average Bonchev–Trinajstić information content (AvgIpc) is 3.40. The first-order chi connectivity index (χ1) is 20.7. The van der Waals surface area contributed by atoms with Crippen LogP contribution in [0.5, 0.6) is 0 Å². The van der Waals surface area contributed by atoms with Gasteiger partial charge in [-0.3, -0.25) is 0 Å². The molecule has 0 amide bonds. The zero-order valence-corrected chi connectivity index (χ0v) is 25.4. The Balaban J connectivity index is 1.30. The minimum Gasteiger partial charge on any atom is -0.208 e. The number of halogens is 1. The molecule has 6 aromatic rings. The molecular formula is C39H30ClN3. The molecule has 0 aliphatic heterocycles. The van der Waals surface area contributed by atoms with Gasteiger partial charge in [0.15, 0.2) is 17.5 Å². The van der Waals surface area contributed by atoms with E-state index in [2.05, 4.69) is 113 Å². The Hall–Kier alpha value is -4.60. The van der Waals surface area contributed by atoms with E-state index in [0.717, 1.165) is 21.7 Å². The maximum absolute atomic E-state index is 6.42. The Morgan fingerprint density at radius 2 is 0.930 bits per heavy atom. The van der Waals surface area contributed by atoms with Crippen molar-refractivity contribution in [1.82, 2.24) is 15.0 Å². The van der Waals surface area contributed by atoms with Crippen molar-refractivity contribution < 1.29 is 0 Å². The number of hydrogen-bond acceptors (Lipinski definition) is 3. The highest BCUT2D eigenvalue weighted by atomic mass is 35.5. The van der Waals surface area contributed by atoms with E-state index in [0.29, 0.717) is 17.5 Å². The molecule has 4 heteroatoms. The van der Waals surface area contributed by atoms with Crippen molar-refractivity contribution in [3.05, 3.63) is 136 Å². The van der Waals surface area contributed by atoms with Crippen molar-refractivity contribution in [2.45, 2.75) is 38.5 Å². The van der Waals surface area contributed by atoms with Crippen LogP contribution in [0.1, 0.15) is 49.9 Å². The fourth-order valence-electron chi connectivity index (χ4n) is 7.06. The van der Waals surface area contributed by atoms with Crippen LogP contribution in [0.3, 0.4) is 0 Å². The van der Waals surface area contributed by atoms with Gasteiger partial charge in [-0.15, -0.1) is 0 Å². The van der Waals surface area contributed by atoms with Crippen LogP contribution in [-0.2, 0) is 10.8 Å². The van der Waals surface area contributed by atoms with Crippen LogP contribution in [0.2, 0.25) is 5.02 Å². The Kier molecular flexibility index (Phi) is 5.57. The first-order valence-electron chi connectivity index (χ1n) is 14.7. The SMILES string of the molecule is CC1(C)c2ccc(-c3nc(-c4ccccc4)nc(-c4ccc5c(c4)C(C)(C)c4ccccc4-5)n3)cc2-c2ccc(Cl)cc21. The molecule has 1 aromatic heterocycles. The monoisotopic (exact) mass is 575 g/mol. The smallest absolute Gasteiger partial charge is 0.164 e. The summed E-state index contributed by atoms with van der Waals surface area (Å²) in [5.74, 6) is 2.00. The zero-order valence-electron chi connectivity index (χ0n) is 24.6. The van der Waals surface area contributed by atoms with Crippen LogP contribution >= 0.6 is 11.6 Å². The number of benzene rings is 5. The van der Waals surface area contributed by atoms with Crippen LogP contribution in [0.15, 0.2) is 109 Å². The molecule has 208 valence electrons. The fraction of sp³-hybridized carbons (Fsp3) is 0.154. The maximum atomic E-state index is 6.42. The summed E-state index contributed by atoms with van der Waals surface area (Å²) in [4.78, 5) is 15.2. The molecule has 2 aliphatic rings. The topological polar surface area (TPSA) is 38.7 Å². The molecule has 8 rings (SSSR count). The number of rotatable bonds is 3. The van der Waals surface area contributed by atoms with Gasteiger partial charge < -0.3 is 0 Å². The third kappa shape index (κ3) is 3.92. The molecule has 0 radical (unpaired) electrons. The van der Waals surface area contributed by atoms with Crippen molar-refractivity contribution >= 4 is 11.6 Å². The lowest BCUT2D eigenvalue weighted by Crippen LogP contribution is -2.15. The van der Waals surface area contributed by atoms with Gasteiger partial charge in [-0.05, 0) is 68.8 Å². The van der Waals surface area contributed by atoms with E-state index < -0.39 is 0 Å². The van der Waals surface area contributed by atoms with E-state index in [4.69, 9.17) is 26.6 Å². The molecule has 0 spiro atoms. The molecule has 0 saturated carbocycles. The molecule has 0 unspecified atom stereocenters. The summed E-state index contributed by atoms with van der Waals surface area (Å²) >= 11 is 6.42. The second kappa shape index (κ2) is 9.20. The third-order valence-corrected chi connectivity index (χ3v) is 9.64. The maximum Gasteiger partial charge on any atom is 0.164 e. The Labute approximate surface area is 257 Å². The second-order valence-corrected chi connectivity index (χ2v) is 13.1. The highest BCUT2D eigenvalue weighted by Gasteiger charge is 2.37. The minimum absolute atomic E-state index is 0.108. The number of hydrogen-bond donors (Lipinski definition) is 0. The van der Waals surface area contributed by atoms with Crippen LogP contribution in [0.4, 0.5) is 0 Å². The standard InChI is InChI=1S/C39H30ClN3/c1-38(2)31-13-9-8-12-27(31)28-17-14-25(21-33(28)38)37-42-35(23-10-6-5-7-11-23)41-36(43-37)24-15-19-32-30(20-24)29-18-16-26(40)22-34(29)39(32,3)4/h5-22H,1-4H3. The Morgan fingerprint density at radius 1 is 0.419 bits per heavy atom. The van der Waals surface area contributed by atoms with Crippen LogP contribution in [0, 0.1) is 0 Å². The predicted octanol–water partition coefficient (Wildman–Crippen LogP) is 10.1. The van der Waals surface area contributed by atoms with Gasteiger partial charge in [-0.25, -0.2) is 15.0 Å². The molecule has 1 heterocycles. The minimum atomic E-state index is -0.137. The van der Waals surface area contributed by atoms with E-state index in [1.54, 1.807) is 0 Å². The molecular weight excluding hydrogens is 546 g/mol. The number of aromatic nitrogens is 3. The van der Waals surface area contributed by atoms with Gasteiger partial charge in [0.2, 0.25) is 0 Å².